The van der Waals surface area contributed by atoms with Crippen LogP contribution in [0.5, 0.6) is 0 Å². The maximum atomic E-state index is 7.29. The second kappa shape index (κ2) is 39.6. The molecule has 0 amide bonds. The zero-order chi connectivity index (χ0) is 95.4. The largest absolute Gasteiger partial charge is 0.456 e. The number of fused-ring (bicyclic) bond motifs is 28. The second-order valence-corrected chi connectivity index (χ2v) is 45.4. The third kappa shape index (κ3) is 16.4. The highest BCUT2D eigenvalue weighted by Gasteiger charge is 2.53. The molecular weight excluding hydrogens is 1680 g/mol. The van der Waals surface area contributed by atoms with Crippen molar-refractivity contribution < 1.29 is 8.83 Å². The third-order valence-electron chi connectivity index (χ3n) is 35.7. The van der Waals surface area contributed by atoms with Gasteiger partial charge in [0.2, 0.25) is 0 Å². The summed E-state index contributed by atoms with van der Waals surface area (Å²) in [5, 5.41) is 5.01. The fraction of sp³-hybridized carbons (Fsp3) is 0.426. The summed E-state index contributed by atoms with van der Waals surface area (Å²) in [5.74, 6) is 0. The van der Waals surface area contributed by atoms with Gasteiger partial charge in [0.1, 0.15) is 22.3 Å². The van der Waals surface area contributed by atoms with E-state index in [0.717, 1.165) is 35.2 Å². The number of rotatable bonds is 45. The Morgan fingerprint density at radius 3 is 1.09 bits per heavy atom. The summed E-state index contributed by atoms with van der Waals surface area (Å²) >= 11 is 0. The molecule has 0 saturated heterocycles. The Morgan fingerprint density at radius 1 is 0.209 bits per heavy atom. The van der Waals surface area contributed by atoms with Crippen LogP contribution < -0.4 is 4.90 Å². The van der Waals surface area contributed by atoms with E-state index >= 15 is 0 Å². The minimum absolute atomic E-state index is 0.0283. The van der Waals surface area contributed by atoms with Gasteiger partial charge in [-0.05, 0) is 274 Å². The van der Waals surface area contributed by atoms with Crippen molar-refractivity contribution >= 4 is 60.9 Å². The molecule has 0 saturated carbocycles. The predicted octanol–water partition coefficient (Wildman–Crippen LogP) is 41.7. The number of para-hydroxylation sites is 2. The smallest absolute Gasteiger partial charge is 0.144 e. The van der Waals surface area contributed by atoms with E-state index < -0.39 is 5.41 Å². The van der Waals surface area contributed by atoms with Crippen molar-refractivity contribution in [3.63, 3.8) is 0 Å². The van der Waals surface area contributed by atoms with Gasteiger partial charge >= 0.3 is 0 Å². The first-order valence-corrected chi connectivity index (χ1v) is 56.0. The van der Waals surface area contributed by atoms with Crippen LogP contribution >= 0.6 is 0 Å². The highest BCUT2D eigenvalue weighted by Crippen LogP contribution is 2.68. The van der Waals surface area contributed by atoms with Gasteiger partial charge in [-0.15, -0.1) is 0 Å². The molecule has 0 N–H and O–H groups in total. The maximum Gasteiger partial charge on any atom is 0.144 e. The van der Waals surface area contributed by atoms with Crippen molar-refractivity contribution in [2.24, 2.45) is 0 Å². The van der Waals surface area contributed by atoms with Gasteiger partial charge in [-0.2, -0.15) is 0 Å². The summed E-state index contributed by atoms with van der Waals surface area (Å²) in [7, 11) is 0. The van der Waals surface area contributed by atoms with Crippen LogP contribution in [0.25, 0.3) is 133 Å². The summed E-state index contributed by atoms with van der Waals surface area (Å²) < 4.78 is 14.3. The summed E-state index contributed by atoms with van der Waals surface area (Å²) in [4.78, 5) is 2.70. The van der Waals surface area contributed by atoms with Gasteiger partial charge in [0.15, 0.2) is 0 Å². The van der Waals surface area contributed by atoms with E-state index in [1.165, 1.54) is 405 Å². The molecule has 0 bridgehead atoms. The Morgan fingerprint density at radius 2 is 0.547 bits per heavy atom. The quantitative estimate of drug-likeness (QED) is 0.0356. The summed E-state index contributed by atoms with van der Waals surface area (Å²) in [6, 6.07) is 95.5. The third-order valence-corrected chi connectivity index (χ3v) is 35.7. The molecule has 3 heteroatoms. The molecule has 0 radical (unpaired) electrons. The maximum absolute atomic E-state index is 7.29. The molecule has 3 nitrogen and oxygen atoms in total. The van der Waals surface area contributed by atoms with Gasteiger partial charge in [0, 0.05) is 76.7 Å². The monoisotopic (exact) mass is 1830 g/mol. The molecule has 0 aliphatic heterocycles. The fourth-order valence-electron chi connectivity index (χ4n) is 28.4. The molecule has 2 heterocycles. The van der Waals surface area contributed by atoms with Gasteiger partial charge in [-0.25, -0.2) is 0 Å². The molecule has 0 unspecified atom stereocenters. The van der Waals surface area contributed by atoms with E-state index in [1.54, 1.807) is 33.4 Å². The fourth-order valence-corrected chi connectivity index (χ4v) is 28.4. The number of nitrogens with zero attached hydrogens (tertiary/aromatic N) is 1. The second-order valence-electron chi connectivity index (χ2n) is 45.4. The molecule has 716 valence electrons. The Balaban J connectivity index is 0.714. The Labute approximate surface area is 833 Å². The van der Waals surface area contributed by atoms with E-state index in [4.69, 9.17) is 8.83 Å². The highest BCUT2D eigenvalue weighted by molar-refractivity contribution is 6.21. The van der Waals surface area contributed by atoms with E-state index in [9.17, 15) is 0 Å². The van der Waals surface area contributed by atoms with Crippen LogP contribution in [0.4, 0.5) is 17.1 Å². The normalized spacial score (nSPS) is 15.4. The summed E-state index contributed by atoms with van der Waals surface area (Å²) in [5.41, 5.74) is 46.1. The molecule has 2 aromatic heterocycles. The molecule has 13 aromatic carbocycles. The van der Waals surface area contributed by atoms with Crippen molar-refractivity contribution in [3.05, 3.63) is 303 Å². The number of hydrogen-bond acceptors (Lipinski definition) is 3. The average Bonchev–Trinajstić information content (AvgIpc) is 1.51. The van der Waals surface area contributed by atoms with Crippen LogP contribution in [0.2, 0.25) is 0 Å². The van der Waals surface area contributed by atoms with E-state index in [-0.39, 0.29) is 27.1 Å². The van der Waals surface area contributed by atoms with Crippen molar-refractivity contribution in [2.75, 3.05) is 4.90 Å². The van der Waals surface area contributed by atoms with Crippen molar-refractivity contribution in [3.8, 4) is 89.0 Å². The Hall–Kier alpha value is -10.7. The Kier molecular flexibility index (Phi) is 26.9. The lowest BCUT2D eigenvalue weighted by Crippen LogP contribution is -2.27. The zero-order valence-corrected chi connectivity index (χ0v) is 86.6. The van der Waals surface area contributed by atoms with Crippen LogP contribution in [0.3, 0.4) is 0 Å². The van der Waals surface area contributed by atoms with Crippen LogP contribution in [-0.4, -0.2) is 0 Å². The lowest BCUT2D eigenvalue weighted by molar-refractivity contribution is 0.394. The number of hydrogen-bond donors (Lipinski definition) is 0. The molecule has 6 aliphatic rings. The molecule has 139 heavy (non-hydrogen) atoms. The van der Waals surface area contributed by atoms with Crippen molar-refractivity contribution in [1.82, 2.24) is 0 Å². The lowest BCUT2D eigenvalue weighted by Gasteiger charge is -2.35. The number of anilines is 3. The first kappa shape index (κ1) is 94.5. The minimum Gasteiger partial charge on any atom is -0.456 e. The molecule has 15 aromatic rings. The number of furan rings is 2. The summed E-state index contributed by atoms with van der Waals surface area (Å²) in [6.07, 6.45) is 50.7. The molecule has 0 spiro atoms. The average molecular weight is 1840 g/mol. The zero-order valence-electron chi connectivity index (χ0n) is 86.6. The summed E-state index contributed by atoms with van der Waals surface area (Å²) in [6.45, 7) is 29.2. The predicted molar refractivity (Wildman–Crippen MR) is 597 cm³/mol. The van der Waals surface area contributed by atoms with E-state index in [2.05, 4.69) is 325 Å². The molecule has 21 rings (SSSR count). The van der Waals surface area contributed by atoms with E-state index in [1.807, 2.05) is 0 Å². The van der Waals surface area contributed by atoms with Gasteiger partial charge in [0.25, 0.3) is 0 Å². The minimum atomic E-state index is -0.397. The van der Waals surface area contributed by atoms with Gasteiger partial charge in [-0.3, -0.25) is 0 Å². The Bertz CT molecular complexity index is 6990. The standard InChI is InChI=1S/C136H155NO2/c1-13-19-25-31-37-51-81-135(82-52-38-32-26-20-14-2)112-77-78-122-124(106-57-43-47-61-120(106)138-122)123(112)109-91-118-108(90-119(109)135)103-75-70-98(89-117(103)136(118,83-53-39-33-27-21-15-3)84-54-40-34-28-22-16-4)137(97-71-76-105-115(88-97)133(11,12)128-125(105)126-107-58-44-48-62-121(107)139-130(126)127-104-56-42-45-59-110(104)132(9,10)129(127)128)96-68-63-92(64-69-96)93-65-72-100-101-73-66-94(86-114(101)131(7,8)113(100)85-93)95-67-74-102-99-55-41-46-60-111(99)134(116(102)87-95,79-49-35-29-23-17-5)80-50-36-30-24-18-6/h41-48,55-78,85-91H,13-40,49-54,79-84H2,1-12H3. The molecule has 0 fully saturated rings. The lowest BCUT2D eigenvalue weighted by atomic mass is 9.68. The molecule has 6 aliphatic carbocycles. The first-order valence-electron chi connectivity index (χ1n) is 56.0. The molecule has 0 atom stereocenters. The van der Waals surface area contributed by atoms with E-state index in [0.29, 0.717) is 0 Å². The van der Waals surface area contributed by atoms with Gasteiger partial charge < -0.3 is 13.7 Å². The number of benzene rings is 13. The van der Waals surface area contributed by atoms with Crippen molar-refractivity contribution in [1.29, 1.82) is 0 Å². The van der Waals surface area contributed by atoms with Crippen LogP contribution in [0.1, 0.15) is 407 Å². The van der Waals surface area contributed by atoms with Crippen LogP contribution in [0.15, 0.2) is 245 Å². The van der Waals surface area contributed by atoms with Crippen LogP contribution in [0, 0.1) is 0 Å². The topological polar surface area (TPSA) is 29.5 Å². The number of unbranched alkanes of at least 4 members (excludes halogenated alkanes) is 28. The van der Waals surface area contributed by atoms with Gasteiger partial charge in [-0.1, -0.05) is 453 Å². The van der Waals surface area contributed by atoms with Crippen molar-refractivity contribution in [2.45, 2.75) is 372 Å². The van der Waals surface area contributed by atoms with Crippen LogP contribution in [-0.2, 0) is 32.5 Å². The van der Waals surface area contributed by atoms with Gasteiger partial charge in [0.05, 0.1) is 0 Å². The SMILES string of the molecule is CCCCCCCCC1(CCCCCCCC)c2cc(N(c3ccc(-c4ccc5c(c4)C(C)(C)c4cc(-c6ccc7c(c6)C(CCCCCCC)(CCCCCCC)c6ccccc6-7)ccc4-5)cc3)c3ccc4c(c3)C(C)(C)c3c5c(c6oc7ccccc7c6c3-4)-c3ccccc3C5(C)C)ccc2-c2cc3c(cc21)-c1c(ccc2oc4ccccc4c12)C3(CCCCCCCC)CCCCCCCC. The first-order chi connectivity index (χ1) is 68.0. The molecular formula is C136H155NO2. The highest BCUT2D eigenvalue weighted by atomic mass is 16.3.